The normalized spacial score (nSPS) is 17.4. The van der Waals surface area contributed by atoms with Gasteiger partial charge in [0.05, 0.1) is 10.9 Å². The Morgan fingerprint density at radius 2 is 1.67 bits per heavy atom. The van der Waals surface area contributed by atoms with Crippen molar-refractivity contribution < 1.29 is 13.2 Å². The summed E-state index contributed by atoms with van der Waals surface area (Å²) < 4.78 is 26.8. The molecule has 1 fully saturated rings. The quantitative estimate of drug-likeness (QED) is 0.824. The van der Waals surface area contributed by atoms with Crippen LogP contribution in [0.15, 0.2) is 59.5 Å². The maximum atomic E-state index is 12.7. The van der Waals surface area contributed by atoms with Crippen LogP contribution in [0.5, 0.6) is 0 Å². The van der Waals surface area contributed by atoms with E-state index < -0.39 is 10.0 Å². The average molecular weight is 407 g/mol. The number of sulfonamides is 1. The van der Waals surface area contributed by atoms with E-state index >= 15 is 0 Å². The van der Waals surface area contributed by atoms with E-state index in [1.165, 1.54) is 4.31 Å². The van der Waals surface area contributed by atoms with Gasteiger partial charge in [0.25, 0.3) is 0 Å². The van der Waals surface area contributed by atoms with Crippen molar-refractivity contribution in [1.29, 1.82) is 0 Å². The van der Waals surface area contributed by atoms with Crippen LogP contribution in [0.1, 0.15) is 31.4 Å². The van der Waals surface area contributed by atoms with Gasteiger partial charge in [-0.05, 0) is 49.6 Å². The Kier molecular flexibility index (Phi) is 6.19. The summed E-state index contributed by atoms with van der Waals surface area (Å²) in [4.78, 5) is 12.9. The Hall–Kier alpha value is -1.89. The first-order valence-electron chi connectivity index (χ1n) is 8.99. The molecule has 1 amide bonds. The number of amides is 1. The number of halogens is 1. The van der Waals surface area contributed by atoms with Crippen LogP contribution in [0.3, 0.4) is 0 Å². The highest BCUT2D eigenvalue weighted by atomic mass is 35.5. The number of carbonyl (C=O) groups excluding carboxylic acids is 1. The van der Waals surface area contributed by atoms with Gasteiger partial charge in [0.1, 0.15) is 0 Å². The van der Waals surface area contributed by atoms with E-state index in [-0.39, 0.29) is 17.9 Å². The molecule has 0 saturated carbocycles. The van der Waals surface area contributed by atoms with Gasteiger partial charge in [0, 0.05) is 24.0 Å². The number of piperidine rings is 1. The Morgan fingerprint density at radius 3 is 2.26 bits per heavy atom. The third-order valence-electron chi connectivity index (χ3n) is 4.93. The van der Waals surface area contributed by atoms with E-state index in [9.17, 15) is 13.2 Å². The number of rotatable bonds is 5. The fourth-order valence-electron chi connectivity index (χ4n) is 3.27. The molecule has 1 unspecified atom stereocenters. The van der Waals surface area contributed by atoms with Crippen molar-refractivity contribution in [2.75, 3.05) is 13.1 Å². The molecule has 0 radical (unpaired) electrons. The maximum Gasteiger partial charge on any atom is 0.243 e. The minimum Gasteiger partial charge on any atom is -0.349 e. The smallest absolute Gasteiger partial charge is 0.243 e. The first-order chi connectivity index (χ1) is 12.9. The second-order valence-corrected chi connectivity index (χ2v) is 9.15. The van der Waals surface area contributed by atoms with E-state index in [2.05, 4.69) is 5.32 Å². The lowest BCUT2D eigenvalue weighted by molar-refractivity contribution is -0.126. The SMILES string of the molecule is CC(NC(=O)C1CCN(S(=O)(=O)c2ccccc2)CC1)c1ccc(Cl)cc1. The maximum absolute atomic E-state index is 12.7. The van der Waals surface area contributed by atoms with E-state index in [1.54, 1.807) is 42.5 Å². The number of nitrogens with one attached hydrogen (secondary N) is 1. The fourth-order valence-corrected chi connectivity index (χ4v) is 4.88. The molecule has 7 heteroatoms. The minimum absolute atomic E-state index is 0.0331. The molecular weight excluding hydrogens is 384 g/mol. The molecule has 5 nitrogen and oxygen atoms in total. The van der Waals surface area contributed by atoms with Crippen molar-refractivity contribution in [3.8, 4) is 0 Å². The van der Waals surface area contributed by atoms with Gasteiger partial charge < -0.3 is 5.32 Å². The molecule has 0 aromatic heterocycles. The first-order valence-corrected chi connectivity index (χ1v) is 10.8. The topological polar surface area (TPSA) is 66.5 Å². The molecule has 0 aliphatic carbocycles. The molecule has 1 N–H and O–H groups in total. The first kappa shape index (κ1) is 19.9. The van der Waals surface area contributed by atoms with Crippen LogP contribution < -0.4 is 5.32 Å². The number of hydrogen-bond acceptors (Lipinski definition) is 3. The number of hydrogen-bond donors (Lipinski definition) is 1. The van der Waals surface area contributed by atoms with Crippen LogP contribution in [-0.4, -0.2) is 31.7 Å². The average Bonchev–Trinajstić information content (AvgIpc) is 2.69. The van der Waals surface area contributed by atoms with Crippen LogP contribution in [0.4, 0.5) is 0 Å². The summed E-state index contributed by atoms with van der Waals surface area (Å²) in [6, 6.07) is 15.7. The molecule has 2 aromatic rings. The van der Waals surface area contributed by atoms with Crippen LogP contribution in [0, 0.1) is 5.92 Å². The summed E-state index contributed by atoms with van der Waals surface area (Å²) in [6.07, 6.45) is 1.04. The second-order valence-electron chi connectivity index (χ2n) is 6.77. The van der Waals surface area contributed by atoms with Gasteiger partial charge in [-0.25, -0.2) is 8.42 Å². The molecule has 1 atom stereocenters. The Labute approximate surface area is 165 Å². The van der Waals surface area contributed by atoms with Crippen molar-refractivity contribution in [2.45, 2.75) is 30.7 Å². The number of nitrogens with zero attached hydrogens (tertiary/aromatic N) is 1. The van der Waals surface area contributed by atoms with E-state index in [4.69, 9.17) is 11.6 Å². The monoisotopic (exact) mass is 406 g/mol. The van der Waals surface area contributed by atoms with Gasteiger partial charge in [0.2, 0.25) is 15.9 Å². The zero-order valence-electron chi connectivity index (χ0n) is 15.1. The lowest BCUT2D eigenvalue weighted by Gasteiger charge is -2.31. The second kappa shape index (κ2) is 8.42. The molecule has 1 saturated heterocycles. The summed E-state index contributed by atoms with van der Waals surface area (Å²) in [7, 11) is -3.49. The van der Waals surface area contributed by atoms with Gasteiger partial charge in [-0.3, -0.25) is 4.79 Å². The van der Waals surface area contributed by atoms with Crippen molar-refractivity contribution in [2.24, 2.45) is 5.92 Å². The summed E-state index contributed by atoms with van der Waals surface area (Å²) in [5, 5.41) is 3.68. The highest BCUT2D eigenvalue weighted by molar-refractivity contribution is 7.89. The molecule has 3 rings (SSSR count). The molecular formula is C20H23ClN2O3S. The summed E-state index contributed by atoms with van der Waals surface area (Å²) >= 11 is 5.90. The van der Waals surface area contributed by atoms with E-state index in [1.807, 2.05) is 19.1 Å². The summed E-state index contributed by atoms with van der Waals surface area (Å²) in [5.74, 6) is -0.212. The van der Waals surface area contributed by atoms with Gasteiger partial charge >= 0.3 is 0 Å². The molecule has 1 heterocycles. The van der Waals surface area contributed by atoms with Crippen molar-refractivity contribution >= 4 is 27.5 Å². The van der Waals surface area contributed by atoms with Gasteiger partial charge in [-0.1, -0.05) is 41.9 Å². The Balaban J connectivity index is 1.57. The van der Waals surface area contributed by atoms with Crippen LogP contribution >= 0.6 is 11.6 Å². The number of carbonyl (C=O) groups is 1. The third-order valence-corrected chi connectivity index (χ3v) is 7.10. The highest BCUT2D eigenvalue weighted by Gasteiger charge is 2.32. The zero-order chi connectivity index (χ0) is 19.4. The van der Waals surface area contributed by atoms with Crippen molar-refractivity contribution in [1.82, 2.24) is 9.62 Å². The van der Waals surface area contributed by atoms with E-state index in [0.717, 1.165) is 5.56 Å². The lowest BCUT2D eigenvalue weighted by atomic mass is 9.96. The molecule has 2 aromatic carbocycles. The summed E-state index contributed by atoms with van der Waals surface area (Å²) in [6.45, 7) is 2.63. The van der Waals surface area contributed by atoms with Gasteiger partial charge in [-0.2, -0.15) is 4.31 Å². The standard InChI is InChI=1S/C20H23ClN2O3S/c1-15(16-7-9-18(21)10-8-16)22-20(24)17-11-13-23(14-12-17)27(25,26)19-5-3-2-4-6-19/h2-10,15,17H,11-14H2,1H3,(H,22,24). The van der Waals surface area contributed by atoms with Crippen LogP contribution in [0.2, 0.25) is 5.02 Å². The fraction of sp³-hybridized carbons (Fsp3) is 0.350. The van der Waals surface area contributed by atoms with Crippen molar-refractivity contribution in [3.63, 3.8) is 0 Å². The summed E-state index contributed by atoms with van der Waals surface area (Å²) in [5.41, 5.74) is 0.983. The molecule has 1 aliphatic rings. The molecule has 0 bridgehead atoms. The largest absolute Gasteiger partial charge is 0.349 e. The lowest BCUT2D eigenvalue weighted by Crippen LogP contribution is -2.43. The zero-order valence-corrected chi connectivity index (χ0v) is 16.7. The third kappa shape index (κ3) is 4.69. The van der Waals surface area contributed by atoms with Crippen LogP contribution in [0.25, 0.3) is 0 Å². The minimum atomic E-state index is -3.49. The van der Waals surface area contributed by atoms with Crippen molar-refractivity contribution in [3.05, 3.63) is 65.2 Å². The molecule has 0 spiro atoms. The molecule has 27 heavy (non-hydrogen) atoms. The molecule has 1 aliphatic heterocycles. The van der Waals surface area contributed by atoms with Crippen LogP contribution in [-0.2, 0) is 14.8 Å². The van der Waals surface area contributed by atoms with Gasteiger partial charge in [0.15, 0.2) is 0 Å². The predicted octanol–water partition coefficient (Wildman–Crippen LogP) is 3.62. The Morgan fingerprint density at radius 1 is 1.07 bits per heavy atom. The highest BCUT2D eigenvalue weighted by Crippen LogP contribution is 2.25. The molecule has 144 valence electrons. The predicted molar refractivity (Wildman–Crippen MR) is 106 cm³/mol. The van der Waals surface area contributed by atoms with Gasteiger partial charge in [-0.15, -0.1) is 0 Å². The number of benzene rings is 2. The van der Waals surface area contributed by atoms with E-state index in [0.29, 0.717) is 35.8 Å². The Bertz CT molecular complexity index is 877.